The Bertz CT molecular complexity index is 287. The lowest BCUT2D eigenvalue weighted by Gasteiger charge is -2.20. The number of hydrogen-bond acceptors (Lipinski definition) is 3. The molecule has 1 aromatic heterocycles. The van der Waals surface area contributed by atoms with E-state index in [2.05, 4.69) is 24.5 Å². The minimum Gasteiger partial charge on any atom is -0.317 e. The zero-order chi connectivity index (χ0) is 9.97. The Labute approximate surface area is 89.8 Å². The Hall–Kier alpha value is -0.410. The molecule has 0 spiro atoms. The van der Waals surface area contributed by atoms with Crippen molar-refractivity contribution in [2.45, 2.75) is 38.5 Å². The summed E-state index contributed by atoms with van der Waals surface area (Å²) in [5, 5.41) is 6.94. The average molecular weight is 210 g/mol. The summed E-state index contributed by atoms with van der Waals surface area (Å²) in [5.74, 6) is 1.29. The summed E-state index contributed by atoms with van der Waals surface area (Å²) in [6.07, 6.45) is 2.50. The van der Waals surface area contributed by atoms with Crippen molar-refractivity contribution < 1.29 is 0 Å². The second-order valence-corrected chi connectivity index (χ2v) is 5.18. The molecule has 1 aliphatic heterocycles. The minimum absolute atomic E-state index is 0.579. The summed E-state index contributed by atoms with van der Waals surface area (Å²) in [5.41, 5.74) is 1.33. The van der Waals surface area contributed by atoms with Gasteiger partial charge >= 0.3 is 0 Å². The highest BCUT2D eigenvalue weighted by atomic mass is 32.1. The number of hydrogen-bond donors (Lipinski definition) is 1. The zero-order valence-corrected chi connectivity index (χ0v) is 9.73. The number of nitrogens with one attached hydrogen (secondary N) is 1. The van der Waals surface area contributed by atoms with Crippen molar-refractivity contribution in [1.29, 1.82) is 0 Å². The van der Waals surface area contributed by atoms with Crippen LogP contribution in [0.2, 0.25) is 0 Å². The molecule has 1 fully saturated rings. The number of rotatable bonds is 2. The second-order valence-electron chi connectivity index (χ2n) is 4.29. The molecule has 0 atom stereocenters. The fourth-order valence-electron chi connectivity index (χ4n) is 1.87. The first kappa shape index (κ1) is 10.1. The third-order valence-corrected chi connectivity index (χ3v) is 3.95. The number of aromatic nitrogens is 1. The van der Waals surface area contributed by atoms with Gasteiger partial charge in [0, 0.05) is 17.2 Å². The lowest BCUT2D eigenvalue weighted by Crippen LogP contribution is -2.26. The maximum Gasteiger partial charge on any atom is 0.0953 e. The lowest BCUT2D eigenvalue weighted by molar-refractivity contribution is 0.454. The molecule has 0 unspecified atom stereocenters. The molecule has 0 aliphatic carbocycles. The van der Waals surface area contributed by atoms with E-state index in [9.17, 15) is 0 Å². The third-order valence-electron chi connectivity index (χ3n) is 2.79. The fraction of sp³-hybridized carbons (Fsp3) is 0.727. The summed E-state index contributed by atoms with van der Waals surface area (Å²) < 4.78 is 0. The Balaban J connectivity index is 2.07. The van der Waals surface area contributed by atoms with Gasteiger partial charge < -0.3 is 5.32 Å². The van der Waals surface area contributed by atoms with Crippen molar-refractivity contribution in [3.63, 3.8) is 0 Å². The van der Waals surface area contributed by atoms with E-state index in [4.69, 9.17) is 4.98 Å². The highest BCUT2D eigenvalue weighted by Crippen LogP contribution is 2.28. The van der Waals surface area contributed by atoms with Gasteiger partial charge in [0.15, 0.2) is 0 Å². The van der Waals surface area contributed by atoms with Crippen LogP contribution >= 0.6 is 11.3 Å². The van der Waals surface area contributed by atoms with Gasteiger partial charge in [0.05, 0.1) is 10.7 Å². The van der Waals surface area contributed by atoms with Gasteiger partial charge in [-0.3, -0.25) is 0 Å². The standard InChI is InChI=1S/C11H18N2S/c1-8(2)11-13-10(7-14-11)9-3-5-12-6-4-9/h7-9,12H,3-6H2,1-2H3. The second kappa shape index (κ2) is 4.41. The molecule has 2 rings (SSSR count). The number of piperidine rings is 1. The van der Waals surface area contributed by atoms with E-state index in [1.54, 1.807) is 0 Å². The maximum absolute atomic E-state index is 4.72. The molecular formula is C11H18N2S. The van der Waals surface area contributed by atoms with E-state index in [0.717, 1.165) is 13.1 Å². The Kier molecular flexibility index (Phi) is 3.19. The van der Waals surface area contributed by atoms with Gasteiger partial charge in [0.2, 0.25) is 0 Å². The van der Waals surface area contributed by atoms with Crippen LogP contribution in [-0.4, -0.2) is 18.1 Å². The molecule has 1 N–H and O–H groups in total. The Morgan fingerprint density at radius 1 is 1.43 bits per heavy atom. The van der Waals surface area contributed by atoms with Crippen LogP contribution in [0.4, 0.5) is 0 Å². The normalized spacial score (nSPS) is 19.1. The monoisotopic (exact) mass is 210 g/mol. The van der Waals surface area contributed by atoms with Gasteiger partial charge in [0.1, 0.15) is 0 Å². The fourth-order valence-corrected chi connectivity index (χ4v) is 2.79. The van der Waals surface area contributed by atoms with Gasteiger partial charge in [-0.25, -0.2) is 4.98 Å². The molecule has 0 radical (unpaired) electrons. The molecule has 1 aromatic rings. The largest absolute Gasteiger partial charge is 0.317 e. The summed E-state index contributed by atoms with van der Waals surface area (Å²) >= 11 is 1.82. The van der Waals surface area contributed by atoms with Crippen LogP contribution in [0.3, 0.4) is 0 Å². The van der Waals surface area contributed by atoms with Gasteiger partial charge in [-0.2, -0.15) is 0 Å². The van der Waals surface area contributed by atoms with Crippen molar-refractivity contribution in [2.75, 3.05) is 13.1 Å². The molecule has 0 bridgehead atoms. The van der Waals surface area contributed by atoms with Gasteiger partial charge in [0.25, 0.3) is 0 Å². The third kappa shape index (κ3) is 2.15. The lowest BCUT2D eigenvalue weighted by atomic mass is 9.95. The van der Waals surface area contributed by atoms with Crippen molar-refractivity contribution in [3.8, 4) is 0 Å². The SMILES string of the molecule is CC(C)c1nc(C2CCNCC2)cs1. The van der Waals surface area contributed by atoms with Crippen LogP contribution in [0.25, 0.3) is 0 Å². The minimum atomic E-state index is 0.579. The van der Waals surface area contributed by atoms with Gasteiger partial charge in [-0.1, -0.05) is 13.8 Å². The van der Waals surface area contributed by atoms with Crippen LogP contribution in [0.15, 0.2) is 5.38 Å². The van der Waals surface area contributed by atoms with Crippen molar-refractivity contribution in [1.82, 2.24) is 10.3 Å². The van der Waals surface area contributed by atoms with Crippen LogP contribution in [0, 0.1) is 0 Å². The van der Waals surface area contributed by atoms with Crippen molar-refractivity contribution >= 4 is 11.3 Å². The van der Waals surface area contributed by atoms with E-state index in [0.29, 0.717) is 11.8 Å². The quantitative estimate of drug-likeness (QED) is 0.812. The average Bonchev–Trinajstić information content (AvgIpc) is 2.68. The smallest absolute Gasteiger partial charge is 0.0953 e. The summed E-state index contributed by atoms with van der Waals surface area (Å²) in [6, 6.07) is 0. The molecule has 0 saturated carbocycles. The molecule has 2 nitrogen and oxygen atoms in total. The highest BCUT2D eigenvalue weighted by Gasteiger charge is 2.18. The zero-order valence-electron chi connectivity index (χ0n) is 8.92. The van der Waals surface area contributed by atoms with E-state index in [1.807, 2.05) is 11.3 Å². The van der Waals surface area contributed by atoms with Crippen LogP contribution in [0.1, 0.15) is 49.2 Å². The summed E-state index contributed by atoms with van der Waals surface area (Å²) in [7, 11) is 0. The van der Waals surface area contributed by atoms with E-state index >= 15 is 0 Å². The predicted octanol–water partition coefficient (Wildman–Crippen LogP) is 2.73. The first-order chi connectivity index (χ1) is 6.77. The van der Waals surface area contributed by atoms with Crippen molar-refractivity contribution in [2.24, 2.45) is 0 Å². The topological polar surface area (TPSA) is 24.9 Å². The summed E-state index contributed by atoms with van der Waals surface area (Å²) in [6.45, 7) is 6.73. The molecular weight excluding hydrogens is 192 g/mol. The molecule has 14 heavy (non-hydrogen) atoms. The molecule has 78 valence electrons. The predicted molar refractivity (Wildman–Crippen MR) is 61.0 cm³/mol. The van der Waals surface area contributed by atoms with Gasteiger partial charge in [-0.05, 0) is 25.9 Å². The first-order valence-corrected chi connectivity index (χ1v) is 6.31. The van der Waals surface area contributed by atoms with Crippen molar-refractivity contribution in [3.05, 3.63) is 16.1 Å². The number of nitrogens with zero attached hydrogens (tertiary/aromatic N) is 1. The van der Waals surface area contributed by atoms with E-state index in [-0.39, 0.29) is 0 Å². The van der Waals surface area contributed by atoms with Crippen LogP contribution in [0.5, 0.6) is 0 Å². The molecule has 2 heterocycles. The van der Waals surface area contributed by atoms with E-state index in [1.165, 1.54) is 23.5 Å². The highest BCUT2D eigenvalue weighted by molar-refractivity contribution is 7.09. The molecule has 3 heteroatoms. The van der Waals surface area contributed by atoms with Gasteiger partial charge in [-0.15, -0.1) is 11.3 Å². The number of thiazole rings is 1. The molecule has 0 amide bonds. The molecule has 0 aromatic carbocycles. The Morgan fingerprint density at radius 3 is 2.71 bits per heavy atom. The first-order valence-electron chi connectivity index (χ1n) is 5.43. The van der Waals surface area contributed by atoms with E-state index < -0.39 is 0 Å². The molecule has 1 saturated heterocycles. The molecule has 1 aliphatic rings. The maximum atomic E-state index is 4.72. The van der Waals surface area contributed by atoms with Crippen LogP contribution in [-0.2, 0) is 0 Å². The van der Waals surface area contributed by atoms with Crippen LogP contribution < -0.4 is 5.32 Å². The summed E-state index contributed by atoms with van der Waals surface area (Å²) in [4.78, 5) is 4.72. The Morgan fingerprint density at radius 2 is 2.14 bits per heavy atom.